The standard InChI is InChI=1S/C14H12FNO3/c15-12-6-11(8-16-13(12)7-14(17)18)19-9-10-4-2-1-3-5-10/h1-6,8H,7,9H2,(H,17,18). The number of carbonyl (C=O) groups is 1. The summed E-state index contributed by atoms with van der Waals surface area (Å²) in [6, 6.07) is 10.6. The molecule has 1 aromatic carbocycles. The molecule has 0 aliphatic rings. The summed E-state index contributed by atoms with van der Waals surface area (Å²) >= 11 is 0. The van der Waals surface area contributed by atoms with Gasteiger partial charge in [0, 0.05) is 6.07 Å². The molecule has 1 aromatic heterocycles. The van der Waals surface area contributed by atoms with Gasteiger partial charge in [0.1, 0.15) is 18.2 Å². The van der Waals surface area contributed by atoms with Crippen LogP contribution in [0.4, 0.5) is 4.39 Å². The van der Waals surface area contributed by atoms with Crippen LogP contribution in [0, 0.1) is 5.82 Å². The van der Waals surface area contributed by atoms with Crippen molar-refractivity contribution in [1.82, 2.24) is 4.98 Å². The van der Waals surface area contributed by atoms with Crippen molar-refractivity contribution < 1.29 is 19.0 Å². The molecule has 0 spiro atoms. The van der Waals surface area contributed by atoms with Crippen molar-refractivity contribution in [3.63, 3.8) is 0 Å². The first-order valence-electron chi connectivity index (χ1n) is 5.68. The van der Waals surface area contributed by atoms with Gasteiger partial charge in [-0.1, -0.05) is 30.3 Å². The lowest BCUT2D eigenvalue weighted by molar-refractivity contribution is -0.136. The van der Waals surface area contributed by atoms with E-state index in [1.807, 2.05) is 30.3 Å². The number of hydrogen-bond donors (Lipinski definition) is 1. The Balaban J connectivity index is 2.02. The highest BCUT2D eigenvalue weighted by Crippen LogP contribution is 2.16. The van der Waals surface area contributed by atoms with Crippen LogP contribution in [0.15, 0.2) is 42.6 Å². The van der Waals surface area contributed by atoms with E-state index in [0.29, 0.717) is 6.61 Å². The molecular formula is C14H12FNO3. The van der Waals surface area contributed by atoms with Gasteiger partial charge in [-0.25, -0.2) is 4.39 Å². The first-order valence-corrected chi connectivity index (χ1v) is 5.68. The maximum absolute atomic E-state index is 13.5. The van der Waals surface area contributed by atoms with Crippen LogP contribution in [0.2, 0.25) is 0 Å². The fourth-order valence-electron chi connectivity index (χ4n) is 1.54. The normalized spacial score (nSPS) is 10.2. The Labute approximate surface area is 109 Å². The van der Waals surface area contributed by atoms with Crippen LogP contribution in [-0.2, 0) is 17.8 Å². The number of pyridine rings is 1. The van der Waals surface area contributed by atoms with Crippen molar-refractivity contribution in [1.29, 1.82) is 0 Å². The molecule has 0 fully saturated rings. The van der Waals surface area contributed by atoms with Crippen LogP contribution in [-0.4, -0.2) is 16.1 Å². The molecular weight excluding hydrogens is 249 g/mol. The zero-order chi connectivity index (χ0) is 13.7. The smallest absolute Gasteiger partial charge is 0.309 e. The molecule has 0 aliphatic heterocycles. The van der Waals surface area contributed by atoms with E-state index in [4.69, 9.17) is 9.84 Å². The Morgan fingerprint density at radius 2 is 2.05 bits per heavy atom. The third kappa shape index (κ3) is 3.77. The summed E-state index contributed by atoms with van der Waals surface area (Å²) in [6.45, 7) is 0.306. The minimum atomic E-state index is -1.12. The number of halogens is 1. The molecule has 0 saturated carbocycles. The highest BCUT2D eigenvalue weighted by atomic mass is 19.1. The molecule has 1 heterocycles. The second-order valence-corrected chi connectivity index (χ2v) is 3.94. The van der Waals surface area contributed by atoms with Crippen molar-refractivity contribution in [2.75, 3.05) is 0 Å². The predicted molar refractivity (Wildman–Crippen MR) is 66.3 cm³/mol. The van der Waals surface area contributed by atoms with Gasteiger partial charge in [0.15, 0.2) is 0 Å². The summed E-state index contributed by atoms with van der Waals surface area (Å²) in [5.41, 5.74) is 0.858. The van der Waals surface area contributed by atoms with Crippen molar-refractivity contribution in [3.05, 3.63) is 59.7 Å². The van der Waals surface area contributed by atoms with Gasteiger partial charge >= 0.3 is 5.97 Å². The van der Waals surface area contributed by atoms with Crippen molar-refractivity contribution >= 4 is 5.97 Å². The third-order valence-corrected chi connectivity index (χ3v) is 2.46. The average molecular weight is 261 g/mol. The van der Waals surface area contributed by atoms with Crippen molar-refractivity contribution in [2.45, 2.75) is 13.0 Å². The number of carboxylic acid groups (broad SMARTS) is 1. The molecule has 1 N–H and O–H groups in total. The summed E-state index contributed by atoms with van der Waals surface area (Å²) in [6.07, 6.45) is 0.884. The number of nitrogens with zero attached hydrogens (tertiary/aromatic N) is 1. The van der Waals surface area contributed by atoms with Crippen molar-refractivity contribution in [2.24, 2.45) is 0 Å². The van der Waals surface area contributed by atoms with E-state index in [-0.39, 0.29) is 11.4 Å². The number of aliphatic carboxylic acids is 1. The zero-order valence-electron chi connectivity index (χ0n) is 10.0. The van der Waals surface area contributed by atoms with E-state index < -0.39 is 18.2 Å². The van der Waals surface area contributed by atoms with Crippen LogP contribution in [0.1, 0.15) is 11.3 Å². The highest BCUT2D eigenvalue weighted by molar-refractivity contribution is 5.69. The zero-order valence-corrected chi connectivity index (χ0v) is 10.0. The average Bonchev–Trinajstić information content (AvgIpc) is 2.40. The minimum Gasteiger partial charge on any atom is -0.487 e. The first-order chi connectivity index (χ1) is 9.15. The van der Waals surface area contributed by atoms with Gasteiger partial charge in [-0.3, -0.25) is 9.78 Å². The summed E-state index contributed by atoms with van der Waals surface area (Å²) in [4.78, 5) is 14.2. The third-order valence-electron chi connectivity index (χ3n) is 2.46. The predicted octanol–water partition coefficient (Wildman–Crippen LogP) is 2.43. The summed E-state index contributed by atoms with van der Waals surface area (Å²) in [7, 11) is 0. The number of ether oxygens (including phenoxy) is 1. The van der Waals surface area contributed by atoms with Crippen molar-refractivity contribution in [3.8, 4) is 5.75 Å². The number of carboxylic acids is 1. The van der Waals surface area contributed by atoms with Crippen LogP contribution < -0.4 is 4.74 Å². The number of hydrogen-bond acceptors (Lipinski definition) is 3. The van der Waals surface area contributed by atoms with Gasteiger partial charge < -0.3 is 9.84 Å². The Morgan fingerprint density at radius 1 is 1.32 bits per heavy atom. The van der Waals surface area contributed by atoms with E-state index in [9.17, 15) is 9.18 Å². The van der Waals surface area contributed by atoms with E-state index in [1.165, 1.54) is 6.20 Å². The summed E-state index contributed by atoms with van der Waals surface area (Å²) < 4.78 is 18.9. The molecule has 98 valence electrons. The highest BCUT2D eigenvalue weighted by Gasteiger charge is 2.09. The summed E-state index contributed by atoms with van der Waals surface area (Å²) in [5, 5.41) is 8.57. The van der Waals surface area contributed by atoms with E-state index >= 15 is 0 Å². The van der Waals surface area contributed by atoms with Crippen LogP contribution in [0.3, 0.4) is 0 Å². The molecule has 0 amide bonds. The van der Waals surface area contributed by atoms with Gasteiger partial charge in [-0.15, -0.1) is 0 Å². The largest absolute Gasteiger partial charge is 0.487 e. The summed E-state index contributed by atoms with van der Waals surface area (Å²) in [5.74, 6) is -1.52. The molecule has 0 atom stereocenters. The molecule has 0 saturated heterocycles. The monoisotopic (exact) mass is 261 g/mol. The molecule has 5 heteroatoms. The molecule has 2 rings (SSSR count). The molecule has 0 bridgehead atoms. The maximum Gasteiger partial charge on any atom is 0.309 e. The van der Waals surface area contributed by atoms with Crippen LogP contribution >= 0.6 is 0 Å². The lowest BCUT2D eigenvalue weighted by atomic mass is 10.2. The second-order valence-electron chi connectivity index (χ2n) is 3.94. The molecule has 4 nitrogen and oxygen atoms in total. The quantitative estimate of drug-likeness (QED) is 0.898. The molecule has 0 unspecified atom stereocenters. The number of rotatable bonds is 5. The SMILES string of the molecule is O=C(O)Cc1ncc(OCc2ccccc2)cc1F. The Hall–Kier alpha value is -2.43. The molecule has 2 aromatic rings. The fourth-order valence-corrected chi connectivity index (χ4v) is 1.54. The van der Waals surface area contributed by atoms with E-state index in [2.05, 4.69) is 4.98 Å². The van der Waals surface area contributed by atoms with Crippen LogP contribution in [0.25, 0.3) is 0 Å². The van der Waals surface area contributed by atoms with E-state index in [0.717, 1.165) is 11.6 Å². The first kappa shape index (κ1) is 13.0. The molecule has 19 heavy (non-hydrogen) atoms. The minimum absolute atomic E-state index is 0.0976. The van der Waals surface area contributed by atoms with E-state index in [1.54, 1.807) is 0 Å². The fraction of sp³-hybridized carbons (Fsp3) is 0.143. The van der Waals surface area contributed by atoms with Crippen LogP contribution in [0.5, 0.6) is 5.75 Å². The van der Waals surface area contributed by atoms with Gasteiger partial charge in [0.05, 0.1) is 18.3 Å². The lowest BCUT2D eigenvalue weighted by Gasteiger charge is -2.07. The topological polar surface area (TPSA) is 59.4 Å². The van der Waals surface area contributed by atoms with Gasteiger partial charge in [0.25, 0.3) is 0 Å². The molecule has 0 aliphatic carbocycles. The Morgan fingerprint density at radius 3 is 2.68 bits per heavy atom. The molecule has 0 radical (unpaired) electrons. The Bertz CT molecular complexity index is 572. The van der Waals surface area contributed by atoms with Gasteiger partial charge in [-0.05, 0) is 5.56 Å². The van der Waals surface area contributed by atoms with Gasteiger partial charge in [0.2, 0.25) is 0 Å². The number of aromatic nitrogens is 1. The lowest BCUT2D eigenvalue weighted by Crippen LogP contribution is -2.05. The number of benzene rings is 1. The Kier molecular flexibility index (Phi) is 4.07. The second kappa shape index (κ2) is 5.95. The maximum atomic E-state index is 13.5. The van der Waals surface area contributed by atoms with Gasteiger partial charge in [-0.2, -0.15) is 0 Å².